The van der Waals surface area contributed by atoms with E-state index in [2.05, 4.69) is 9.72 Å². The standard InChI is InChI=1S/C25H25Cl2F5N2O5/c1-24(2,3)39-22(36)19-5-4-6-34(19)21(35)15-9-16(26)13(7-18(15)28)11-37-14-8-17(27)20(33-10-14)38-12-25(31,32)23(29)30/h7-10,19,23H,4-6,11-12H2,1-3H3. The normalized spacial score (nSPS) is 16.0. The molecule has 0 radical (unpaired) electrons. The third-order valence-electron chi connectivity index (χ3n) is 5.46. The minimum Gasteiger partial charge on any atom is -0.487 e. The van der Waals surface area contributed by atoms with Crippen LogP contribution >= 0.6 is 23.2 Å². The number of likely N-dealkylation sites (tertiary alicyclic amines) is 1. The predicted octanol–water partition coefficient (Wildman–Crippen LogP) is 6.33. The summed E-state index contributed by atoms with van der Waals surface area (Å²) in [6, 6.07) is 2.43. The smallest absolute Gasteiger partial charge is 0.340 e. The Morgan fingerprint density at radius 1 is 1.13 bits per heavy atom. The molecule has 0 N–H and O–H groups in total. The Labute approximate surface area is 231 Å². The summed E-state index contributed by atoms with van der Waals surface area (Å²) in [6.07, 6.45) is -1.95. The molecule has 0 saturated carbocycles. The van der Waals surface area contributed by atoms with Gasteiger partial charge in [0.2, 0.25) is 5.88 Å². The molecule has 1 aliphatic heterocycles. The molecular weight excluding hydrogens is 574 g/mol. The van der Waals surface area contributed by atoms with E-state index in [0.29, 0.717) is 12.8 Å². The molecule has 7 nitrogen and oxygen atoms in total. The number of halogens is 7. The fourth-order valence-electron chi connectivity index (χ4n) is 3.62. The number of hydrogen-bond donors (Lipinski definition) is 0. The number of rotatable bonds is 9. The maximum absolute atomic E-state index is 15.0. The van der Waals surface area contributed by atoms with Crippen molar-refractivity contribution in [2.24, 2.45) is 0 Å². The Hall–Kier alpha value is -2.86. The van der Waals surface area contributed by atoms with Gasteiger partial charge in [-0.25, -0.2) is 22.9 Å². The summed E-state index contributed by atoms with van der Waals surface area (Å²) < 4.78 is 81.0. The van der Waals surface area contributed by atoms with Gasteiger partial charge in [0, 0.05) is 23.2 Å². The van der Waals surface area contributed by atoms with Crippen LogP contribution in [0.15, 0.2) is 24.4 Å². The number of pyridine rings is 1. The number of carbonyl (C=O) groups is 2. The monoisotopic (exact) mass is 598 g/mol. The van der Waals surface area contributed by atoms with E-state index in [1.807, 2.05) is 0 Å². The average molecular weight is 599 g/mol. The summed E-state index contributed by atoms with van der Waals surface area (Å²) in [6.45, 7) is 3.44. The van der Waals surface area contributed by atoms with E-state index in [1.165, 1.54) is 4.90 Å². The van der Waals surface area contributed by atoms with Gasteiger partial charge in [-0.15, -0.1) is 0 Å². The summed E-state index contributed by atoms with van der Waals surface area (Å²) in [4.78, 5) is 30.5. The lowest BCUT2D eigenvalue weighted by molar-refractivity contribution is -0.159. The molecule has 2 heterocycles. The number of aromatic nitrogens is 1. The molecule has 1 atom stereocenters. The van der Waals surface area contributed by atoms with Gasteiger partial charge in [0.15, 0.2) is 6.61 Å². The Morgan fingerprint density at radius 3 is 2.44 bits per heavy atom. The first-order chi connectivity index (χ1) is 18.1. The minimum atomic E-state index is -4.39. The highest BCUT2D eigenvalue weighted by molar-refractivity contribution is 6.32. The van der Waals surface area contributed by atoms with Gasteiger partial charge in [0.25, 0.3) is 5.91 Å². The molecule has 1 unspecified atom stereocenters. The van der Waals surface area contributed by atoms with E-state index >= 15 is 0 Å². The predicted molar refractivity (Wildman–Crippen MR) is 131 cm³/mol. The molecule has 1 aliphatic rings. The number of benzene rings is 1. The molecular formula is C25H25Cl2F5N2O5. The van der Waals surface area contributed by atoms with Gasteiger partial charge in [-0.3, -0.25) is 4.79 Å². The number of nitrogens with zero attached hydrogens (tertiary/aromatic N) is 2. The van der Waals surface area contributed by atoms with Crippen molar-refractivity contribution in [1.29, 1.82) is 0 Å². The first kappa shape index (κ1) is 30.7. The topological polar surface area (TPSA) is 78.0 Å². The lowest BCUT2D eigenvalue weighted by Gasteiger charge is -2.27. The van der Waals surface area contributed by atoms with E-state index in [9.17, 15) is 31.5 Å². The van der Waals surface area contributed by atoms with Crippen molar-refractivity contribution in [3.8, 4) is 11.6 Å². The minimum absolute atomic E-state index is 0.000931. The van der Waals surface area contributed by atoms with Crippen LogP contribution in [0.5, 0.6) is 11.6 Å². The molecule has 1 fully saturated rings. The second kappa shape index (κ2) is 12.1. The van der Waals surface area contributed by atoms with E-state index in [4.69, 9.17) is 32.7 Å². The summed E-state index contributed by atoms with van der Waals surface area (Å²) in [7, 11) is 0. The van der Waals surface area contributed by atoms with Crippen molar-refractivity contribution in [2.45, 2.75) is 64.2 Å². The fraction of sp³-hybridized carbons (Fsp3) is 0.480. The van der Waals surface area contributed by atoms with Crippen LogP contribution in [0.1, 0.15) is 49.5 Å². The van der Waals surface area contributed by atoms with Crippen LogP contribution in [0.4, 0.5) is 22.0 Å². The Kier molecular flexibility index (Phi) is 9.53. The lowest BCUT2D eigenvalue weighted by Crippen LogP contribution is -2.43. The van der Waals surface area contributed by atoms with Crippen molar-refractivity contribution in [3.63, 3.8) is 0 Å². The molecule has 0 spiro atoms. The van der Waals surface area contributed by atoms with E-state index in [0.717, 1.165) is 24.4 Å². The number of amides is 1. The van der Waals surface area contributed by atoms with Crippen LogP contribution in [0.25, 0.3) is 0 Å². The van der Waals surface area contributed by atoms with Crippen LogP contribution < -0.4 is 9.47 Å². The maximum atomic E-state index is 15.0. The zero-order chi connectivity index (χ0) is 29.1. The molecule has 0 aliphatic carbocycles. The first-order valence-electron chi connectivity index (χ1n) is 11.7. The lowest BCUT2D eigenvalue weighted by atomic mass is 10.1. The highest BCUT2D eigenvalue weighted by Gasteiger charge is 2.42. The number of carbonyl (C=O) groups excluding carboxylic acids is 2. The second-order valence-corrected chi connectivity index (χ2v) is 10.5. The van der Waals surface area contributed by atoms with Crippen LogP contribution in [0.2, 0.25) is 10.0 Å². The molecule has 214 valence electrons. The van der Waals surface area contributed by atoms with Crippen molar-refractivity contribution < 1.29 is 45.8 Å². The zero-order valence-electron chi connectivity index (χ0n) is 21.1. The molecule has 14 heteroatoms. The number of hydrogen-bond acceptors (Lipinski definition) is 6. The summed E-state index contributed by atoms with van der Waals surface area (Å²) in [5, 5.41) is -0.290. The summed E-state index contributed by atoms with van der Waals surface area (Å²) >= 11 is 12.2. The number of ether oxygens (including phenoxy) is 3. The third kappa shape index (κ3) is 7.84. The molecule has 0 bridgehead atoms. The van der Waals surface area contributed by atoms with Crippen LogP contribution in [0, 0.1) is 5.82 Å². The van der Waals surface area contributed by atoms with Crippen LogP contribution in [0.3, 0.4) is 0 Å². The second-order valence-electron chi connectivity index (χ2n) is 9.71. The SMILES string of the molecule is CC(C)(C)OC(=O)C1CCCN1C(=O)c1cc(Cl)c(COc2cnc(OCC(F)(F)C(F)F)c(Cl)c2)cc1F. The molecule has 1 aromatic carbocycles. The highest BCUT2D eigenvalue weighted by atomic mass is 35.5. The van der Waals surface area contributed by atoms with Gasteiger partial charge >= 0.3 is 18.3 Å². The van der Waals surface area contributed by atoms with E-state index in [-0.39, 0.29) is 40.1 Å². The van der Waals surface area contributed by atoms with Crippen molar-refractivity contribution >= 4 is 35.1 Å². The Morgan fingerprint density at radius 2 is 1.82 bits per heavy atom. The van der Waals surface area contributed by atoms with Gasteiger partial charge in [-0.2, -0.15) is 8.78 Å². The van der Waals surface area contributed by atoms with Gasteiger partial charge in [0.1, 0.15) is 34.8 Å². The number of esters is 1. The fourth-order valence-corrected chi connectivity index (χ4v) is 4.05. The average Bonchev–Trinajstić information content (AvgIpc) is 3.32. The largest absolute Gasteiger partial charge is 0.487 e. The molecule has 1 saturated heterocycles. The molecule has 1 amide bonds. The van der Waals surface area contributed by atoms with Gasteiger partial charge in [-0.1, -0.05) is 23.2 Å². The summed E-state index contributed by atoms with van der Waals surface area (Å²) in [5.41, 5.74) is -0.921. The molecule has 1 aromatic heterocycles. The van der Waals surface area contributed by atoms with Crippen LogP contribution in [-0.2, 0) is 16.1 Å². The summed E-state index contributed by atoms with van der Waals surface area (Å²) in [5.74, 6) is -7.06. The molecule has 3 rings (SSSR count). The molecule has 2 aromatic rings. The third-order valence-corrected chi connectivity index (χ3v) is 6.08. The Balaban J connectivity index is 1.67. The zero-order valence-corrected chi connectivity index (χ0v) is 22.6. The van der Waals surface area contributed by atoms with Crippen LogP contribution in [-0.4, -0.2) is 58.9 Å². The van der Waals surface area contributed by atoms with E-state index < -0.39 is 54.2 Å². The molecule has 39 heavy (non-hydrogen) atoms. The number of alkyl halides is 4. The van der Waals surface area contributed by atoms with Gasteiger partial charge in [0.05, 0.1) is 11.8 Å². The Bertz CT molecular complexity index is 1230. The quantitative estimate of drug-likeness (QED) is 0.248. The highest BCUT2D eigenvalue weighted by Crippen LogP contribution is 2.31. The van der Waals surface area contributed by atoms with Crippen molar-refractivity contribution in [2.75, 3.05) is 13.2 Å². The van der Waals surface area contributed by atoms with Gasteiger partial charge in [-0.05, 0) is 45.7 Å². The maximum Gasteiger partial charge on any atom is 0.340 e. The van der Waals surface area contributed by atoms with Gasteiger partial charge < -0.3 is 19.1 Å². The van der Waals surface area contributed by atoms with Crippen molar-refractivity contribution in [1.82, 2.24) is 9.88 Å². The first-order valence-corrected chi connectivity index (χ1v) is 12.4. The van der Waals surface area contributed by atoms with Crippen molar-refractivity contribution in [3.05, 3.63) is 51.4 Å². The van der Waals surface area contributed by atoms with E-state index in [1.54, 1.807) is 20.8 Å².